The predicted molar refractivity (Wildman–Crippen MR) is 86.1 cm³/mol. The molecule has 5 N–H and O–H groups in total. The minimum atomic E-state index is -4.08. The Balaban J connectivity index is 0.00000288. The lowest BCUT2D eigenvalue weighted by molar-refractivity contribution is -0.0260. The van der Waals surface area contributed by atoms with Crippen molar-refractivity contribution < 1.29 is 23.2 Å². The summed E-state index contributed by atoms with van der Waals surface area (Å²) in [4.78, 5) is 34.4. The maximum Gasteiger partial charge on any atom is 0.472 e. The van der Waals surface area contributed by atoms with Gasteiger partial charge in [-0.15, -0.1) is 0 Å². The smallest absolute Gasteiger partial charge is 0.352 e. The van der Waals surface area contributed by atoms with Crippen LogP contribution in [0, 0.1) is 0 Å². The first-order valence-electron chi connectivity index (χ1n) is 7.50. The fourth-order valence-corrected chi connectivity index (χ4v) is 3.00. The van der Waals surface area contributed by atoms with Gasteiger partial charge < -0.3 is 15.8 Å². The maximum absolute atomic E-state index is 11.7. The highest BCUT2D eigenvalue weighted by Crippen LogP contribution is 2.44. The molecular weight excluding hydrogens is 341 g/mol. The molecule has 0 bridgehead atoms. The van der Waals surface area contributed by atoms with E-state index in [0.717, 1.165) is 6.42 Å². The summed E-state index contributed by atoms with van der Waals surface area (Å²) in [6.07, 6.45) is 3.02. The number of phosphoric ester groups is 1. The van der Waals surface area contributed by atoms with Crippen LogP contribution in [0.15, 0.2) is 21.9 Å². The van der Waals surface area contributed by atoms with Gasteiger partial charge in [-0.05, 0) is 19.3 Å². The summed E-state index contributed by atoms with van der Waals surface area (Å²) in [6.45, 7) is 2.00. The van der Waals surface area contributed by atoms with Gasteiger partial charge in [-0.3, -0.25) is 23.4 Å². The molecule has 0 saturated carbocycles. The number of H-pyrrole nitrogens is 1. The van der Waals surface area contributed by atoms with Crippen LogP contribution in [0.5, 0.6) is 0 Å². The van der Waals surface area contributed by atoms with Gasteiger partial charge in [0.25, 0.3) is 5.56 Å². The Morgan fingerprint density at radius 1 is 1.42 bits per heavy atom. The molecule has 10 nitrogen and oxygen atoms in total. The van der Waals surface area contributed by atoms with Crippen LogP contribution in [0.1, 0.15) is 38.8 Å². The fraction of sp³-hybridized carbons (Fsp3) is 0.692. The van der Waals surface area contributed by atoms with Crippen molar-refractivity contribution in [1.82, 2.24) is 15.7 Å². The number of unbranched alkanes of at least 4 members (excludes halogenated alkanes) is 1. The number of aromatic amines is 1. The van der Waals surface area contributed by atoms with Crippen LogP contribution in [-0.2, 0) is 18.3 Å². The average Bonchev–Trinajstić information content (AvgIpc) is 2.94. The van der Waals surface area contributed by atoms with Crippen molar-refractivity contribution in [2.75, 3.05) is 13.2 Å². The summed E-state index contributed by atoms with van der Waals surface area (Å²) >= 11 is 0. The Labute approximate surface area is 139 Å². The van der Waals surface area contributed by atoms with Gasteiger partial charge in [0.15, 0.2) is 0 Å². The van der Waals surface area contributed by atoms with E-state index in [1.54, 1.807) is 0 Å². The molecule has 0 aromatic carbocycles. The molecular formula is C13H24N3O7P. The average molecular weight is 365 g/mol. The monoisotopic (exact) mass is 365 g/mol. The Morgan fingerprint density at radius 2 is 2.17 bits per heavy atom. The summed E-state index contributed by atoms with van der Waals surface area (Å²) in [6, 6.07) is 1.23. The third kappa shape index (κ3) is 5.97. The minimum absolute atomic E-state index is 0. The summed E-state index contributed by atoms with van der Waals surface area (Å²) in [5.74, 6) is 0. The second kappa shape index (κ2) is 9.26. The van der Waals surface area contributed by atoms with Gasteiger partial charge in [-0.25, -0.2) is 9.36 Å². The van der Waals surface area contributed by atoms with Crippen molar-refractivity contribution in [3.05, 3.63) is 33.1 Å². The first kappa shape index (κ1) is 20.8. The maximum atomic E-state index is 11.7. The van der Waals surface area contributed by atoms with Gasteiger partial charge in [0.1, 0.15) is 6.23 Å². The van der Waals surface area contributed by atoms with Crippen molar-refractivity contribution in [3.8, 4) is 0 Å². The number of nitrogens with zero attached hydrogens (tertiary/aromatic N) is 1. The van der Waals surface area contributed by atoms with Gasteiger partial charge in [0.2, 0.25) is 0 Å². The van der Waals surface area contributed by atoms with E-state index in [0.29, 0.717) is 19.3 Å². The number of hydrogen-bond donors (Lipinski definition) is 3. The summed E-state index contributed by atoms with van der Waals surface area (Å²) in [5, 5.41) is 0. The molecule has 2 rings (SSSR count). The van der Waals surface area contributed by atoms with Gasteiger partial charge in [-0.1, -0.05) is 13.3 Å². The van der Waals surface area contributed by atoms with E-state index in [1.807, 2.05) is 6.92 Å². The molecule has 1 aliphatic rings. The van der Waals surface area contributed by atoms with Crippen molar-refractivity contribution >= 4 is 7.82 Å². The van der Waals surface area contributed by atoms with E-state index in [9.17, 15) is 19.0 Å². The second-order valence-electron chi connectivity index (χ2n) is 5.26. The summed E-state index contributed by atoms with van der Waals surface area (Å²) < 4.78 is 28.3. The third-order valence-electron chi connectivity index (χ3n) is 3.42. The third-order valence-corrected chi connectivity index (χ3v) is 4.41. The molecule has 0 spiro atoms. The molecule has 2 heterocycles. The molecule has 24 heavy (non-hydrogen) atoms. The molecule has 3 atom stereocenters. The van der Waals surface area contributed by atoms with Crippen LogP contribution in [0.4, 0.5) is 0 Å². The highest BCUT2D eigenvalue weighted by molar-refractivity contribution is 7.47. The highest BCUT2D eigenvalue weighted by Gasteiger charge is 2.30. The van der Waals surface area contributed by atoms with Crippen LogP contribution in [-0.4, -0.2) is 33.8 Å². The molecule has 1 aromatic rings. The number of hydrogen-bond acceptors (Lipinski definition) is 7. The fourth-order valence-electron chi connectivity index (χ4n) is 2.21. The van der Waals surface area contributed by atoms with Gasteiger partial charge in [0.05, 0.1) is 19.3 Å². The number of ether oxygens (including phenoxy) is 1. The molecule has 1 aromatic heterocycles. The lowest BCUT2D eigenvalue weighted by Gasteiger charge is -2.17. The van der Waals surface area contributed by atoms with Gasteiger partial charge >= 0.3 is 13.5 Å². The zero-order chi connectivity index (χ0) is 16.9. The Morgan fingerprint density at radius 3 is 2.83 bits per heavy atom. The van der Waals surface area contributed by atoms with Crippen molar-refractivity contribution in [1.29, 1.82) is 0 Å². The van der Waals surface area contributed by atoms with E-state index in [-0.39, 0.29) is 19.4 Å². The molecule has 0 amide bonds. The van der Waals surface area contributed by atoms with Crippen LogP contribution >= 0.6 is 7.82 Å². The van der Waals surface area contributed by atoms with Gasteiger partial charge in [0, 0.05) is 12.3 Å². The molecule has 1 fully saturated rings. The molecule has 1 unspecified atom stereocenters. The highest BCUT2D eigenvalue weighted by atomic mass is 31.2. The lowest BCUT2D eigenvalue weighted by Crippen LogP contribution is -2.31. The van der Waals surface area contributed by atoms with E-state index in [1.165, 1.54) is 16.8 Å². The SMILES string of the molecule is CCCCOP(=O)(O)OC[C@H]1CC[C@H](n2ccc(=O)[nH]c2=O)O1.N. The molecule has 0 radical (unpaired) electrons. The minimum Gasteiger partial charge on any atom is -0.352 e. The number of phosphoric acid groups is 1. The zero-order valence-corrected chi connectivity index (χ0v) is 14.4. The quantitative estimate of drug-likeness (QED) is 0.460. The van der Waals surface area contributed by atoms with Crippen molar-refractivity contribution in [3.63, 3.8) is 0 Å². The van der Waals surface area contributed by atoms with Crippen LogP contribution < -0.4 is 17.4 Å². The zero-order valence-electron chi connectivity index (χ0n) is 13.6. The first-order chi connectivity index (χ1) is 10.9. The standard InChI is InChI=1S/C13H21N2O7P.H3N/c1-2-3-8-20-23(18,19)21-9-10-4-5-12(22-10)15-7-6-11(16)14-13(15)17;/h6-7,10,12H,2-5,8-9H2,1H3,(H,18,19)(H,14,16,17);1H3/t10-,12-;/m1./s1. The molecule has 11 heteroatoms. The number of aromatic nitrogens is 2. The predicted octanol–water partition coefficient (Wildman–Crippen LogP) is 1.31. The number of rotatable bonds is 8. The normalized spacial score (nSPS) is 22.8. The molecule has 1 saturated heterocycles. The van der Waals surface area contributed by atoms with Crippen LogP contribution in [0.3, 0.4) is 0 Å². The second-order valence-corrected chi connectivity index (χ2v) is 6.71. The molecule has 0 aliphatic carbocycles. The van der Waals surface area contributed by atoms with Gasteiger partial charge in [-0.2, -0.15) is 0 Å². The van der Waals surface area contributed by atoms with Crippen molar-refractivity contribution in [2.45, 2.75) is 44.9 Å². The summed E-state index contributed by atoms with van der Waals surface area (Å²) in [5.41, 5.74) is -1.03. The van der Waals surface area contributed by atoms with E-state index in [2.05, 4.69) is 4.98 Å². The Bertz CT molecular complexity index is 674. The molecule has 138 valence electrons. The van der Waals surface area contributed by atoms with Crippen molar-refractivity contribution in [2.24, 2.45) is 0 Å². The lowest BCUT2D eigenvalue weighted by atomic mass is 10.2. The van der Waals surface area contributed by atoms with Crippen LogP contribution in [0.25, 0.3) is 0 Å². The van der Waals surface area contributed by atoms with E-state index < -0.39 is 31.4 Å². The molecule has 1 aliphatic heterocycles. The topological polar surface area (TPSA) is 155 Å². The van der Waals surface area contributed by atoms with E-state index >= 15 is 0 Å². The largest absolute Gasteiger partial charge is 0.472 e. The van der Waals surface area contributed by atoms with Crippen LogP contribution in [0.2, 0.25) is 0 Å². The Hall–Kier alpha value is -1.29. The summed E-state index contributed by atoms with van der Waals surface area (Å²) in [7, 11) is -4.08. The first-order valence-corrected chi connectivity index (χ1v) is 8.99. The number of nitrogens with one attached hydrogen (secondary N) is 1. The Kier molecular flexibility index (Phi) is 8.01. The van der Waals surface area contributed by atoms with E-state index in [4.69, 9.17) is 13.8 Å².